The Hall–Kier alpha value is -3.17. The SMILES string of the molecule is CO[C@]1(c2ccc(-c3cc4c(N5CCN(C(=O)NC(C)C)CC5)ccnn4c3)cc2F)CCCNC1. The molecule has 2 fully saturated rings. The molecule has 3 aromatic rings. The summed E-state index contributed by atoms with van der Waals surface area (Å²) in [5.74, 6) is -0.253. The van der Waals surface area contributed by atoms with Gasteiger partial charge in [0.05, 0.1) is 11.2 Å². The van der Waals surface area contributed by atoms with Gasteiger partial charge in [0.1, 0.15) is 11.4 Å². The molecule has 8 nitrogen and oxygen atoms in total. The molecule has 2 amide bonds. The van der Waals surface area contributed by atoms with E-state index >= 15 is 4.39 Å². The number of anilines is 1. The van der Waals surface area contributed by atoms with Crippen molar-refractivity contribution >= 4 is 17.2 Å². The number of nitrogens with zero attached hydrogens (tertiary/aromatic N) is 4. The van der Waals surface area contributed by atoms with Crippen LogP contribution in [0.1, 0.15) is 32.3 Å². The predicted molar refractivity (Wildman–Crippen MR) is 139 cm³/mol. The minimum Gasteiger partial charge on any atom is -0.372 e. The zero-order valence-corrected chi connectivity index (χ0v) is 21.3. The molecule has 4 heterocycles. The molecule has 1 aromatic carbocycles. The van der Waals surface area contributed by atoms with Gasteiger partial charge in [0.25, 0.3) is 0 Å². The maximum absolute atomic E-state index is 15.4. The number of fused-ring (bicyclic) bond motifs is 1. The lowest BCUT2D eigenvalue weighted by atomic mass is 9.85. The first-order valence-electron chi connectivity index (χ1n) is 12.7. The van der Waals surface area contributed by atoms with Crippen LogP contribution in [0.25, 0.3) is 16.6 Å². The first kappa shape index (κ1) is 24.5. The van der Waals surface area contributed by atoms with Crippen LogP contribution >= 0.6 is 0 Å². The highest BCUT2D eigenvalue weighted by atomic mass is 19.1. The van der Waals surface area contributed by atoms with Crippen molar-refractivity contribution in [2.24, 2.45) is 0 Å². The van der Waals surface area contributed by atoms with Gasteiger partial charge in [-0.25, -0.2) is 13.7 Å². The molecule has 1 atom stereocenters. The van der Waals surface area contributed by atoms with Crippen LogP contribution in [0.4, 0.5) is 14.9 Å². The third kappa shape index (κ3) is 4.65. The summed E-state index contributed by atoms with van der Waals surface area (Å²) in [6.07, 6.45) is 5.47. The van der Waals surface area contributed by atoms with Gasteiger partial charge in [0, 0.05) is 69.4 Å². The number of urea groups is 1. The maximum atomic E-state index is 15.4. The number of methoxy groups -OCH3 is 1. The predicted octanol–water partition coefficient (Wildman–Crippen LogP) is 3.61. The molecule has 2 N–H and O–H groups in total. The van der Waals surface area contributed by atoms with Crippen molar-refractivity contribution in [3.63, 3.8) is 0 Å². The fourth-order valence-electron chi connectivity index (χ4n) is 5.37. The second kappa shape index (κ2) is 10.1. The van der Waals surface area contributed by atoms with Gasteiger partial charge in [-0.1, -0.05) is 12.1 Å². The van der Waals surface area contributed by atoms with E-state index < -0.39 is 5.60 Å². The number of aromatic nitrogens is 2. The molecule has 36 heavy (non-hydrogen) atoms. The fraction of sp³-hybridized carbons (Fsp3) is 0.481. The number of halogens is 1. The van der Waals surface area contributed by atoms with Crippen molar-refractivity contribution in [1.82, 2.24) is 25.1 Å². The number of amides is 2. The van der Waals surface area contributed by atoms with E-state index in [0.29, 0.717) is 25.2 Å². The number of nitrogens with one attached hydrogen (secondary N) is 2. The Morgan fingerprint density at radius 3 is 2.64 bits per heavy atom. The molecule has 192 valence electrons. The molecule has 0 bridgehead atoms. The van der Waals surface area contributed by atoms with Gasteiger partial charge in [-0.2, -0.15) is 5.10 Å². The monoisotopic (exact) mass is 494 g/mol. The average molecular weight is 495 g/mol. The van der Waals surface area contributed by atoms with Gasteiger partial charge in [-0.05, 0) is 57.0 Å². The van der Waals surface area contributed by atoms with Gasteiger partial charge in [0.2, 0.25) is 0 Å². The van der Waals surface area contributed by atoms with Crippen LogP contribution in [0.15, 0.2) is 42.7 Å². The molecule has 5 rings (SSSR count). The van der Waals surface area contributed by atoms with E-state index in [1.807, 2.05) is 47.7 Å². The van der Waals surface area contributed by atoms with Crippen molar-refractivity contribution in [3.05, 3.63) is 54.1 Å². The van der Waals surface area contributed by atoms with Gasteiger partial charge in [0.15, 0.2) is 0 Å². The molecular weight excluding hydrogens is 459 g/mol. The third-order valence-electron chi connectivity index (χ3n) is 7.33. The van der Waals surface area contributed by atoms with Crippen molar-refractivity contribution in [2.45, 2.75) is 38.3 Å². The van der Waals surface area contributed by atoms with Crippen molar-refractivity contribution in [1.29, 1.82) is 0 Å². The van der Waals surface area contributed by atoms with Gasteiger partial charge < -0.3 is 25.2 Å². The summed E-state index contributed by atoms with van der Waals surface area (Å²) in [6.45, 7) is 8.26. The van der Waals surface area contributed by atoms with Crippen LogP contribution in [0.5, 0.6) is 0 Å². The molecule has 2 aliphatic rings. The summed E-state index contributed by atoms with van der Waals surface area (Å²) in [5, 5.41) is 10.8. The zero-order valence-electron chi connectivity index (χ0n) is 21.3. The lowest BCUT2D eigenvalue weighted by Gasteiger charge is -2.37. The summed E-state index contributed by atoms with van der Waals surface area (Å²) in [4.78, 5) is 16.5. The van der Waals surface area contributed by atoms with E-state index in [9.17, 15) is 4.79 Å². The van der Waals surface area contributed by atoms with Crippen LogP contribution in [-0.2, 0) is 10.3 Å². The van der Waals surface area contributed by atoms with Crippen LogP contribution < -0.4 is 15.5 Å². The van der Waals surface area contributed by atoms with Crippen molar-refractivity contribution < 1.29 is 13.9 Å². The highest BCUT2D eigenvalue weighted by molar-refractivity contribution is 5.80. The third-order valence-corrected chi connectivity index (χ3v) is 7.33. The van der Waals surface area contributed by atoms with E-state index in [2.05, 4.69) is 26.7 Å². The highest BCUT2D eigenvalue weighted by Gasteiger charge is 2.36. The average Bonchev–Trinajstić information content (AvgIpc) is 3.33. The number of carbonyl (C=O) groups is 1. The quantitative estimate of drug-likeness (QED) is 0.567. The first-order chi connectivity index (χ1) is 17.4. The number of hydrogen-bond acceptors (Lipinski definition) is 5. The summed E-state index contributed by atoms with van der Waals surface area (Å²) in [6, 6.07) is 9.60. The Bertz CT molecular complexity index is 1230. The molecule has 9 heteroatoms. The molecule has 0 radical (unpaired) electrons. The summed E-state index contributed by atoms with van der Waals surface area (Å²) in [5.41, 5.74) is 3.70. The standard InChI is InChI=1S/C27H35FN6O2/c1-19(2)31-26(35)33-13-11-32(12-14-33)24-7-10-30-34-17-21(16-25(24)34)20-5-6-22(23(28)15-20)27(36-3)8-4-9-29-18-27/h5-7,10,15-17,19,29H,4,8-9,11-14,18H2,1-3H3,(H,31,35)/t27-/m1/s1. The molecule has 2 aliphatic heterocycles. The first-order valence-corrected chi connectivity index (χ1v) is 12.7. The summed E-state index contributed by atoms with van der Waals surface area (Å²) in [7, 11) is 1.66. The van der Waals surface area contributed by atoms with Crippen LogP contribution in [0.3, 0.4) is 0 Å². The molecule has 0 spiro atoms. The molecule has 2 aromatic heterocycles. The maximum Gasteiger partial charge on any atom is 0.317 e. The Labute approximate surface area is 211 Å². The summed E-state index contributed by atoms with van der Waals surface area (Å²) < 4.78 is 23.0. The molecule has 0 saturated carbocycles. The Balaban J connectivity index is 1.38. The largest absolute Gasteiger partial charge is 0.372 e. The van der Waals surface area contributed by atoms with Crippen molar-refractivity contribution in [2.75, 3.05) is 51.3 Å². The van der Waals surface area contributed by atoms with E-state index in [4.69, 9.17) is 4.74 Å². The van der Waals surface area contributed by atoms with Crippen LogP contribution in [0.2, 0.25) is 0 Å². The van der Waals surface area contributed by atoms with E-state index in [1.165, 1.54) is 0 Å². The van der Waals surface area contributed by atoms with Gasteiger partial charge in [-0.15, -0.1) is 0 Å². The normalized spacial score (nSPS) is 20.8. The minimum atomic E-state index is -0.630. The fourth-order valence-corrected chi connectivity index (χ4v) is 5.37. The number of piperidine rings is 1. The smallest absolute Gasteiger partial charge is 0.317 e. The van der Waals surface area contributed by atoms with E-state index in [1.54, 1.807) is 19.4 Å². The van der Waals surface area contributed by atoms with E-state index in [0.717, 1.165) is 54.8 Å². The molecular formula is C27H35FN6O2. The number of hydrogen-bond donors (Lipinski definition) is 2. The van der Waals surface area contributed by atoms with E-state index in [-0.39, 0.29) is 17.9 Å². The molecule has 0 aliphatic carbocycles. The Kier molecular flexibility index (Phi) is 6.85. The second-order valence-electron chi connectivity index (χ2n) is 10.0. The topological polar surface area (TPSA) is 74.1 Å². The number of rotatable bonds is 5. The molecule has 0 unspecified atom stereocenters. The number of ether oxygens (including phenoxy) is 1. The molecule has 2 saturated heterocycles. The second-order valence-corrected chi connectivity index (χ2v) is 10.0. The van der Waals surface area contributed by atoms with Crippen LogP contribution in [0, 0.1) is 5.82 Å². The number of carbonyl (C=O) groups excluding carboxylic acids is 1. The zero-order chi connectivity index (χ0) is 25.3. The van der Waals surface area contributed by atoms with Gasteiger partial charge in [-0.3, -0.25) is 0 Å². The lowest BCUT2D eigenvalue weighted by molar-refractivity contribution is -0.0358. The number of benzene rings is 1. The Morgan fingerprint density at radius 2 is 1.97 bits per heavy atom. The highest BCUT2D eigenvalue weighted by Crippen LogP contribution is 2.36. The van der Waals surface area contributed by atoms with Gasteiger partial charge >= 0.3 is 6.03 Å². The lowest BCUT2D eigenvalue weighted by Crippen LogP contribution is -2.53. The van der Waals surface area contributed by atoms with Crippen LogP contribution in [-0.4, -0.2) is 73.0 Å². The van der Waals surface area contributed by atoms with Crippen molar-refractivity contribution in [3.8, 4) is 11.1 Å². The summed E-state index contributed by atoms with van der Waals surface area (Å²) >= 11 is 0. The number of piperazine rings is 1. The Morgan fingerprint density at radius 1 is 1.17 bits per heavy atom. The minimum absolute atomic E-state index is 0.0146.